The molecule has 2 aromatic rings. The van der Waals surface area contributed by atoms with Crippen molar-refractivity contribution in [2.45, 2.75) is 82.8 Å². The second-order valence-corrected chi connectivity index (χ2v) is 9.56. The van der Waals surface area contributed by atoms with E-state index in [0.717, 1.165) is 44.4 Å². The van der Waals surface area contributed by atoms with Gasteiger partial charge in [-0.05, 0) is 75.3 Å². The highest BCUT2D eigenvalue weighted by atomic mass is 16.5. The number of ether oxygens (including phenoxy) is 1. The Morgan fingerprint density at radius 2 is 1.90 bits per heavy atom. The van der Waals surface area contributed by atoms with Crippen molar-refractivity contribution in [3.05, 3.63) is 58.9 Å². The summed E-state index contributed by atoms with van der Waals surface area (Å²) in [5.41, 5.74) is 6.20. The number of aryl methyl sites for hydroxylation is 1. The third-order valence-corrected chi connectivity index (χ3v) is 7.56. The molecule has 1 saturated carbocycles. The van der Waals surface area contributed by atoms with E-state index >= 15 is 0 Å². The minimum atomic E-state index is 0.0483. The van der Waals surface area contributed by atoms with E-state index in [2.05, 4.69) is 43.4 Å². The lowest BCUT2D eigenvalue weighted by Crippen LogP contribution is -2.49. The summed E-state index contributed by atoms with van der Waals surface area (Å²) in [5, 5.41) is 3.72. The molecule has 1 aliphatic heterocycles. The van der Waals surface area contributed by atoms with Gasteiger partial charge in [0, 0.05) is 30.5 Å². The van der Waals surface area contributed by atoms with Gasteiger partial charge in [0.15, 0.2) is 0 Å². The lowest BCUT2D eigenvalue weighted by Gasteiger charge is -2.49. The quantitative estimate of drug-likeness (QED) is 0.574. The van der Waals surface area contributed by atoms with Crippen LogP contribution in [0.5, 0.6) is 0 Å². The van der Waals surface area contributed by atoms with Gasteiger partial charge >= 0.3 is 0 Å². The summed E-state index contributed by atoms with van der Waals surface area (Å²) < 4.78 is 6.44. The van der Waals surface area contributed by atoms with E-state index in [4.69, 9.17) is 17.6 Å². The molecule has 2 heterocycles. The molecule has 158 valence electrons. The molecular weight excluding hydrogens is 367 g/mol. The number of nitrogens with one attached hydrogen (secondary N) is 1. The van der Waals surface area contributed by atoms with E-state index < -0.39 is 0 Å². The number of benzene rings is 1. The molecule has 4 rings (SSSR count). The minimum absolute atomic E-state index is 0.0483. The molecule has 1 aromatic heterocycles. The van der Waals surface area contributed by atoms with Gasteiger partial charge < -0.3 is 10.1 Å². The molecular formula is C26H35BN2O. The van der Waals surface area contributed by atoms with Gasteiger partial charge in [0.2, 0.25) is 0 Å². The lowest BCUT2D eigenvalue weighted by atomic mass is 9.65. The van der Waals surface area contributed by atoms with Crippen LogP contribution in [0.2, 0.25) is 0 Å². The second kappa shape index (κ2) is 9.24. The van der Waals surface area contributed by atoms with Crippen molar-refractivity contribution >= 4 is 13.3 Å². The zero-order valence-electron chi connectivity index (χ0n) is 18.7. The number of nitrogens with zero attached hydrogens (tertiary/aromatic N) is 1. The molecule has 30 heavy (non-hydrogen) atoms. The van der Waals surface area contributed by atoms with Gasteiger partial charge in [-0.15, -0.1) is 0 Å². The SMILES string of the molecule is [B]c1ccc(C2(CCNCc3cccc(C)c3C)CCOC3(CCCCC3)C2)nc1. The van der Waals surface area contributed by atoms with Crippen molar-refractivity contribution in [1.29, 1.82) is 0 Å². The van der Waals surface area contributed by atoms with Crippen molar-refractivity contribution in [3.8, 4) is 0 Å². The zero-order valence-corrected chi connectivity index (χ0v) is 18.7. The van der Waals surface area contributed by atoms with Crippen LogP contribution in [0.4, 0.5) is 0 Å². The summed E-state index contributed by atoms with van der Waals surface area (Å²) >= 11 is 0. The Balaban J connectivity index is 1.49. The van der Waals surface area contributed by atoms with Gasteiger partial charge in [-0.25, -0.2) is 0 Å². The predicted molar refractivity (Wildman–Crippen MR) is 125 cm³/mol. The Bertz CT molecular complexity index is 839. The highest BCUT2D eigenvalue weighted by Crippen LogP contribution is 2.48. The van der Waals surface area contributed by atoms with Crippen molar-refractivity contribution in [3.63, 3.8) is 0 Å². The first-order chi connectivity index (χ1) is 14.5. The van der Waals surface area contributed by atoms with Crippen LogP contribution in [0.1, 0.15) is 73.8 Å². The number of pyridine rings is 1. The topological polar surface area (TPSA) is 34.1 Å². The highest BCUT2D eigenvalue weighted by Gasteiger charge is 2.47. The van der Waals surface area contributed by atoms with Crippen LogP contribution in [-0.2, 0) is 16.7 Å². The first-order valence-electron chi connectivity index (χ1n) is 11.6. The molecule has 3 nitrogen and oxygen atoms in total. The van der Waals surface area contributed by atoms with Gasteiger partial charge in [0.05, 0.1) is 5.60 Å². The van der Waals surface area contributed by atoms with Gasteiger partial charge in [0.1, 0.15) is 7.85 Å². The third-order valence-electron chi connectivity index (χ3n) is 7.56. The Kier molecular flexibility index (Phi) is 6.64. The molecule has 0 bridgehead atoms. The third kappa shape index (κ3) is 4.65. The zero-order chi connectivity index (χ0) is 21.0. The monoisotopic (exact) mass is 402 g/mol. The fourth-order valence-corrected chi connectivity index (χ4v) is 5.57. The van der Waals surface area contributed by atoms with Crippen molar-refractivity contribution in [2.24, 2.45) is 0 Å². The Labute approximate surface area is 183 Å². The maximum Gasteiger partial charge on any atom is 0.115 e. The average molecular weight is 402 g/mol. The number of aromatic nitrogens is 1. The molecule has 1 N–H and O–H groups in total. The predicted octanol–water partition coefficient (Wildman–Crippen LogP) is 4.42. The number of rotatable bonds is 6. The summed E-state index contributed by atoms with van der Waals surface area (Å²) in [6.07, 6.45) is 11.3. The molecule has 2 radical (unpaired) electrons. The molecule has 1 aromatic carbocycles. The molecule has 1 atom stereocenters. The molecule has 1 aliphatic carbocycles. The first-order valence-corrected chi connectivity index (χ1v) is 11.6. The second-order valence-electron chi connectivity index (χ2n) is 9.56. The van der Waals surface area contributed by atoms with Crippen molar-refractivity contribution < 1.29 is 4.74 Å². The summed E-state index contributed by atoms with van der Waals surface area (Å²) in [6.45, 7) is 7.14. The van der Waals surface area contributed by atoms with Crippen LogP contribution in [0.25, 0.3) is 0 Å². The molecule has 0 amide bonds. The molecule has 1 unspecified atom stereocenters. The Hall–Kier alpha value is -1.65. The maximum atomic E-state index is 6.44. The molecule has 1 spiro atoms. The molecule has 4 heteroatoms. The van der Waals surface area contributed by atoms with Crippen LogP contribution in [0.15, 0.2) is 36.5 Å². The van der Waals surface area contributed by atoms with Gasteiger partial charge in [-0.3, -0.25) is 4.98 Å². The molecule has 2 fully saturated rings. The number of hydrogen-bond donors (Lipinski definition) is 1. The van der Waals surface area contributed by atoms with E-state index in [9.17, 15) is 0 Å². The van der Waals surface area contributed by atoms with Gasteiger partial charge in [0.25, 0.3) is 0 Å². The van der Waals surface area contributed by atoms with E-state index in [1.54, 1.807) is 0 Å². The van der Waals surface area contributed by atoms with Gasteiger partial charge in [-0.1, -0.05) is 49.0 Å². The smallest absolute Gasteiger partial charge is 0.115 e. The van der Waals surface area contributed by atoms with Crippen LogP contribution in [-0.4, -0.2) is 31.6 Å². The maximum absolute atomic E-state index is 6.44. The molecule has 1 saturated heterocycles. The van der Waals surface area contributed by atoms with E-state index in [0.29, 0.717) is 0 Å². The van der Waals surface area contributed by atoms with Crippen LogP contribution in [0, 0.1) is 13.8 Å². The fourth-order valence-electron chi connectivity index (χ4n) is 5.57. The van der Waals surface area contributed by atoms with Crippen LogP contribution < -0.4 is 10.8 Å². The lowest BCUT2D eigenvalue weighted by molar-refractivity contribution is -0.127. The van der Waals surface area contributed by atoms with Crippen LogP contribution in [0.3, 0.4) is 0 Å². The number of hydrogen-bond acceptors (Lipinski definition) is 3. The van der Waals surface area contributed by atoms with Crippen LogP contribution >= 0.6 is 0 Å². The van der Waals surface area contributed by atoms with Gasteiger partial charge in [-0.2, -0.15) is 0 Å². The molecule has 2 aliphatic rings. The van der Waals surface area contributed by atoms with Crippen molar-refractivity contribution in [2.75, 3.05) is 13.2 Å². The summed E-state index contributed by atoms with van der Waals surface area (Å²) in [7, 11) is 5.95. The Morgan fingerprint density at radius 3 is 2.67 bits per heavy atom. The van der Waals surface area contributed by atoms with E-state index in [-0.39, 0.29) is 11.0 Å². The Morgan fingerprint density at radius 1 is 1.07 bits per heavy atom. The first kappa shape index (κ1) is 21.6. The summed E-state index contributed by atoms with van der Waals surface area (Å²) in [5.74, 6) is 0. The minimum Gasteiger partial charge on any atom is -0.375 e. The normalized spacial score (nSPS) is 23.5. The fraction of sp³-hybridized carbons (Fsp3) is 0.577. The van der Waals surface area contributed by atoms with E-state index in [1.165, 1.54) is 54.5 Å². The largest absolute Gasteiger partial charge is 0.375 e. The summed E-state index contributed by atoms with van der Waals surface area (Å²) in [6, 6.07) is 10.7. The summed E-state index contributed by atoms with van der Waals surface area (Å²) in [4.78, 5) is 4.81. The van der Waals surface area contributed by atoms with Crippen molar-refractivity contribution in [1.82, 2.24) is 10.3 Å². The standard InChI is InChI=1S/C26H35BN2O/c1-20-7-6-8-22(21(20)2)17-28-15-13-25(24-10-9-23(27)18-29-24)14-16-30-26(19-25)11-4-3-5-12-26/h6-10,18,28H,3-5,11-17,19H2,1-2H3. The van der Waals surface area contributed by atoms with E-state index in [1.807, 2.05) is 12.3 Å². The average Bonchev–Trinajstić information content (AvgIpc) is 2.75. The highest BCUT2D eigenvalue weighted by molar-refractivity contribution is 6.32.